The minimum absolute atomic E-state index is 0.0352. The summed E-state index contributed by atoms with van der Waals surface area (Å²) < 4.78 is 10.1. The van der Waals surface area contributed by atoms with Gasteiger partial charge in [-0.3, -0.25) is 0 Å². The number of aromatic hydroxyl groups is 1. The Balaban J connectivity index is 2.12. The number of phenolic OH excluding ortho intramolecular Hbond substituents is 1. The van der Waals surface area contributed by atoms with Crippen molar-refractivity contribution < 1.29 is 19.5 Å². The van der Waals surface area contributed by atoms with Crippen LogP contribution in [0.3, 0.4) is 0 Å². The molecule has 0 aliphatic carbocycles. The minimum atomic E-state index is 0.0352. The Morgan fingerprint density at radius 2 is 2.16 bits per heavy atom. The molecule has 0 amide bonds. The molecule has 1 heterocycles. The standard InChI is InChI=1S/C14H15NO4/c1-18-14-8-10(3-5-13(14)17)2-4-11-9-12(6-7-16)19-15-11/h2-5,8-9,16-17H,6-7H2,1H3. The van der Waals surface area contributed by atoms with Crippen molar-refractivity contribution in [2.75, 3.05) is 13.7 Å². The Kier molecular flexibility index (Phi) is 4.20. The molecule has 0 saturated heterocycles. The molecule has 0 bridgehead atoms. The van der Waals surface area contributed by atoms with E-state index in [1.807, 2.05) is 6.08 Å². The number of aliphatic hydroxyl groups excluding tert-OH is 1. The summed E-state index contributed by atoms with van der Waals surface area (Å²) in [5.41, 5.74) is 1.55. The summed E-state index contributed by atoms with van der Waals surface area (Å²) in [7, 11) is 1.50. The van der Waals surface area contributed by atoms with E-state index in [9.17, 15) is 5.11 Å². The van der Waals surface area contributed by atoms with Gasteiger partial charge in [0.1, 0.15) is 11.5 Å². The Bertz CT molecular complexity index is 575. The largest absolute Gasteiger partial charge is 0.504 e. The average molecular weight is 261 g/mol. The summed E-state index contributed by atoms with van der Waals surface area (Å²) in [6, 6.07) is 6.83. The normalized spacial score (nSPS) is 11.1. The monoisotopic (exact) mass is 261 g/mol. The van der Waals surface area contributed by atoms with Gasteiger partial charge >= 0.3 is 0 Å². The predicted molar refractivity (Wildman–Crippen MR) is 70.9 cm³/mol. The zero-order chi connectivity index (χ0) is 13.7. The molecule has 1 aromatic carbocycles. The minimum Gasteiger partial charge on any atom is -0.504 e. The van der Waals surface area contributed by atoms with Gasteiger partial charge in [-0.2, -0.15) is 0 Å². The molecular formula is C14H15NO4. The number of phenols is 1. The second-order valence-corrected chi connectivity index (χ2v) is 3.96. The third kappa shape index (κ3) is 3.35. The van der Waals surface area contributed by atoms with Gasteiger partial charge in [0.25, 0.3) is 0 Å². The van der Waals surface area contributed by atoms with Crippen LogP contribution in [0.15, 0.2) is 28.8 Å². The van der Waals surface area contributed by atoms with E-state index in [-0.39, 0.29) is 12.4 Å². The molecule has 19 heavy (non-hydrogen) atoms. The molecule has 5 heteroatoms. The Labute approximate surface area is 110 Å². The molecule has 0 aliphatic heterocycles. The van der Waals surface area contributed by atoms with Crippen molar-refractivity contribution in [3.8, 4) is 11.5 Å². The highest BCUT2D eigenvalue weighted by Crippen LogP contribution is 2.27. The lowest BCUT2D eigenvalue weighted by molar-refractivity contribution is 0.277. The summed E-state index contributed by atoms with van der Waals surface area (Å²) >= 11 is 0. The molecule has 0 saturated carbocycles. The summed E-state index contributed by atoms with van der Waals surface area (Å²) in [5.74, 6) is 1.17. The van der Waals surface area contributed by atoms with Crippen LogP contribution in [0.25, 0.3) is 12.2 Å². The van der Waals surface area contributed by atoms with Crippen LogP contribution in [0.1, 0.15) is 17.0 Å². The van der Waals surface area contributed by atoms with E-state index in [1.54, 1.807) is 30.3 Å². The number of nitrogens with zero attached hydrogens (tertiary/aromatic N) is 1. The molecule has 0 unspecified atom stereocenters. The summed E-state index contributed by atoms with van der Waals surface area (Å²) in [4.78, 5) is 0. The zero-order valence-electron chi connectivity index (χ0n) is 10.5. The van der Waals surface area contributed by atoms with Crippen molar-refractivity contribution in [2.24, 2.45) is 0 Å². The van der Waals surface area contributed by atoms with Crippen molar-refractivity contribution in [1.82, 2.24) is 5.16 Å². The number of aromatic nitrogens is 1. The first kappa shape index (κ1) is 13.2. The van der Waals surface area contributed by atoms with Crippen molar-refractivity contribution in [3.63, 3.8) is 0 Å². The van der Waals surface area contributed by atoms with E-state index in [0.29, 0.717) is 23.6 Å². The number of methoxy groups -OCH3 is 1. The number of benzene rings is 1. The van der Waals surface area contributed by atoms with E-state index in [2.05, 4.69) is 5.16 Å². The van der Waals surface area contributed by atoms with Crippen molar-refractivity contribution in [2.45, 2.75) is 6.42 Å². The highest BCUT2D eigenvalue weighted by molar-refractivity contribution is 5.69. The van der Waals surface area contributed by atoms with Crippen LogP contribution in [0, 0.1) is 0 Å². The van der Waals surface area contributed by atoms with Crippen molar-refractivity contribution in [3.05, 3.63) is 41.3 Å². The lowest BCUT2D eigenvalue weighted by Gasteiger charge is -2.03. The maximum Gasteiger partial charge on any atom is 0.161 e. The van der Waals surface area contributed by atoms with Gasteiger partial charge in [-0.05, 0) is 23.8 Å². The van der Waals surface area contributed by atoms with Crippen LogP contribution in [0.2, 0.25) is 0 Å². The Hall–Kier alpha value is -2.27. The number of hydrogen-bond donors (Lipinski definition) is 2. The zero-order valence-corrected chi connectivity index (χ0v) is 10.5. The lowest BCUT2D eigenvalue weighted by atomic mass is 10.1. The lowest BCUT2D eigenvalue weighted by Crippen LogP contribution is -1.86. The first-order chi connectivity index (χ1) is 9.22. The fourth-order valence-electron chi connectivity index (χ4n) is 1.62. The molecule has 100 valence electrons. The summed E-state index contributed by atoms with van der Waals surface area (Å²) in [6.45, 7) is 0.0352. The molecular weight excluding hydrogens is 246 g/mol. The molecule has 0 fully saturated rings. The molecule has 2 rings (SSSR count). The number of rotatable bonds is 5. The van der Waals surface area contributed by atoms with Gasteiger partial charge in [-0.25, -0.2) is 0 Å². The molecule has 0 spiro atoms. The molecule has 2 aromatic rings. The highest BCUT2D eigenvalue weighted by atomic mass is 16.5. The Morgan fingerprint density at radius 3 is 2.89 bits per heavy atom. The van der Waals surface area contributed by atoms with Gasteiger partial charge in [-0.15, -0.1) is 0 Å². The van der Waals surface area contributed by atoms with Gasteiger partial charge in [0.15, 0.2) is 11.5 Å². The molecule has 1 aromatic heterocycles. The number of ether oxygens (including phenoxy) is 1. The first-order valence-electron chi connectivity index (χ1n) is 5.84. The second kappa shape index (κ2) is 6.06. The molecule has 5 nitrogen and oxygen atoms in total. The summed E-state index contributed by atoms with van der Waals surface area (Å²) in [6.07, 6.45) is 4.08. The third-order valence-electron chi connectivity index (χ3n) is 2.59. The SMILES string of the molecule is COc1cc(C=Cc2cc(CCO)on2)ccc1O. The second-order valence-electron chi connectivity index (χ2n) is 3.96. The van der Waals surface area contributed by atoms with Crippen molar-refractivity contribution >= 4 is 12.2 Å². The van der Waals surface area contributed by atoms with Crippen molar-refractivity contribution in [1.29, 1.82) is 0 Å². The van der Waals surface area contributed by atoms with Crippen LogP contribution in [0.4, 0.5) is 0 Å². The average Bonchev–Trinajstić information content (AvgIpc) is 2.86. The maximum absolute atomic E-state index is 9.48. The Morgan fingerprint density at radius 1 is 1.32 bits per heavy atom. The van der Waals surface area contributed by atoms with Gasteiger partial charge in [-0.1, -0.05) is 17.3 Å². The topological polar surface area (TPSA) is 75.7 Å². The maximum atomic E-state index is 9.48. The van der Waals surface area contributed by atoms with E-state index < -0.39 is 0 Å². The fraction of sp³-hybridized carbons (Fsp3) is 0.214. The van der Waals surface area contributed by atoms with Crippen LogP contribution < -0.4 is 4.74 Å². The van der Waals surface area contributed by atoms with Gasteiger partial charge < -0.3 is 19.5 Å². The predicted octanol–water partition coefficient (Wildman–Crippen LogP) is 2.09. The quantitative estimate of drug-likeness (QED) is 0.862. The molecule has 2 N–H and O–H groups in total. The van der Waals surface area contributed by atoms with Crippen LogP contribution in [-0.2, 0) is 6.42 Å². The van der Waals surface area contributed by atoms with E-state index >= 15 is 0 Å². The summed E-state index contributed by atoms with van der Waals surface area (Å²) in [5, 5.41) is 22.1. The highest BCUT2D eigenvalue weighted by Gasteiger charge is 2.02. The van der Waals surface area contributed by atoms with E-state index in [4.69, 9.17) is 14.4 Å². The number of hydrogen-bond acceptors (Lipinski definition) is 5. The van der Waals surface area contributed by atoms with E-state index in [0.717, 1.165) is 5.56 Å². The third-order valence-corrected chi connectivity index (χ3v) is 2.59. The van der Waals surface area contributed by atoms with Crippen LogP contribution in [0.5, 0.6) is 11.5 Å². The molecule has 0 radical (unpaired) electrons. The number of aliphatic hydroxyl groups is 1. The fourth-order valence-corrected chi connectivity index (χ4v) is 1.62. The molecule has 0 atom stereocenters. The van der Waals surface area contributed by atoms with Crippen LogP contribution >= 0.6 is 0 Å². The van der Waals surface area contributed by atoms with Crippen LogP contribution in [-0.4, -0.2) is 29.1 Å². The van der Waals surface area contributed by atoms with Gasteiger partial charge in [0, 0.05) is 12.5 Å². The van der Waals surface area contributed by atoms with Gasteiger partial charge in [0.2, 0.25) is 0 Å². The van der Waals surface area contributed by atoms with Gasteiger partial charge in [0.05, 0.1) is 13.7 Å². The first-order valence-corrected chi connectivity index (χ1v) is 5.84. The molecule has 0 aliphatic rings. The smallest absolute Gasteiger partial charge is 0.161 e. The van der Waals surface area contributed by atoms with E-state index in [1.165, 1.54) is 7.11 Å².